The third kappa shape index (κ3) is 9.82. The molecule has 8 N–H and O–H groups in total. The van der Waals surface area contributed by atoms with Gasteiger partial charge in [0.25, 0.3) is 5.91 Å². The average Bonchev–Trinajstić information content (AvgIpc) is 3.23. The zero-order chi connectivity index (χ0) is 35.1. The van der Waals surface area contributed by atoms with Crippen LogP contribution in [0.2, 0.25) is 0 Å². The summed E-state index contributed by atoms with van der Waals surface area (Å²) in [4.78, 5) is 43.0. The fraction of sp³-hybridized carbons (Fsp3) is 0.571. The van der Waals surface area contributed by atoms with Gasteiger partial charge in [0.1, 0.15) is 30.0 Å². The zero-order valence-corrected chi connectivity index (χ0v) is 28.2. The number of imide groups is 1. The number of hydrogen-bond acceptors (Lipinski definition) is 10. The number of rotatable bonds is 13. The topological polar surface area (TPSA) is 198 Å². The molecule has 12 nitrogen and oxygen atoms in total. The predicted octanol–water partition coefficient (Wildman–Crippen LogP) is 1.87. The van der Waals surface area contributed by atoms with Gasteiger partial charge in [-0.15, -0.1) is 0 Å². The molecule has 8 atom stereocenters. The van der Waals surface area contributed by atoms with Crippen LogP contribution in [0.25, 0.3) is 0 Å². The summed E-state index contributed by atoms with van der Waals surface area (Å²) in [7, 11) is 0. The highest BCUT2D eigenvalue weighted by molar-refractivity contribution is 6.01. The van der Waals surface area contributed by atoms with Crippen LogP contribution in [0.1, 0.15) is 59.1 Å². The largest absolute Gasteiger partial charge is 0.444 e. The molecule has 1 heterocycles. The SMILES string of the molecule is CC(C)C(NC(=O)OC(C)(C)C)C(=O)N(C(=O)[C@H](Cc1ccccc1)C[C@H](O)[C@@H](N)Cc1ccccc1)[C@]1(C)O[C@H](CN)[C@@H](O)[C@H]1O. The average molecular weight is 657 g/mol. The number of benzene rings is 2. The molecule has 3 rings (SSSR count). The van der Waals surface area contributed by atoms with Gasteiger partial charge in [-0.25, -0.2) is 9.69 Å². The number of aliphatic hydroxyl groups excluding tert-OH is 3. The number of nitrogens with one attached hydrogen (secondary N) is 1. The van der Waals surface area contributed by atoms with E-state index in [0.29, 0.717) is 6.42 Å². The van der Waals surface area contributed by atoms with E-state index in [1.165, 1.54) is 6.92 Å². The third-order valence-electron chi connectivity index (χ3n) is 8.37. The fourth-order valence-electron chi connectivity index (χ4n) is 5.81. The molecule has 0 bridgehead atoms. The molecule has 1 aliphatic heterocycles. The maximum absolute atomic E-state index is 14.8. The third-order valence-corrected chi connectivity index (χ3v) is 8.37. The summed E-state index contributed by atoms with van der Waals surface area (Å²) in [6, 6.07) is 16.4. The van der Waals surface area contributed by atoms with Crippen LogP contribution in [0.4, 0.5) is 4.79 Å². The number of amides is 3. The first-order valence-electron chi connectivity index (χ1n) is 16.1. The van der Waals surface area contributed by atoms with E-state index in [1.54, 1.807) is 34.6 Å². The predicted molar refractivity (Wildman–Crippen MR) is 177 cm³/mol. The lowest BCUT2D eigenvalue weighted by Gasteiger charge is -2.42. The Morgan fingerprint density at radius 3 is 1.98 bits per heavy atom. The Labute approximate surface area is 277 Å². The highest BCUT2D eigenvalue weighted by atomic mass is 16.6. The number of carbonyl (C=O) groups excluding carboxylic acids is 3. The number of alkyl carbamates (subject to hydrolysis) is 1. The molecular formula is C35H52N4O8. The van der Waals surface area contributed by atoms with Gasteiger partial charge in [0.2, 0.25) is 5.91 Å². The summed E-state index contributed by atoms with van der Waals surface area (Å²) in [5.74, 6) is -3.24. The molecule has 47 heavy (non-hydrogen) atoms. The first kappa shape index (κ1) is 38.1. The van der Waals surface area contributed by atoms with Crippen molar-refractivity contribution in [3.8, 4) is 0 Å². The summed E-state index contributed by atoms with van der Waals surface area (Å²) < 4.78 is 11.4. The van der Waals surface area contributed by atoms with Crippen molar-refractivity contribution >= 4 is 17.9 Å². The van der Waals surface area contributed by atoms with Crippen molar-refractivity contribution in [3.05, 3.63) is 71.8 Å². The van der Waals surface area contributed by atoms with Crippen LogP contribution in [-0.4, -0.2) is 92.5 Å². The van der Waals surface area contributed by atoms with E-state index in [1.807, 2.05) is 60.7 Å². The maximum atomic E-state index is 14.8. The maximum Gasteiger partial charge on any atom is 0.408 e. The zero-order valence-electron chi connectivity index (χ0n) is 28.2. The molecule has 1 aliphatic rings. The molecule has 3 amide bonds. The number of ether oxygens (including phenoxy) is 2. The Balaban J connectivity index is 2.06. The highest BCUT2D eigenvalue weighted by Crippen LogP contribution is 2.37. The van der Waals surface area contributed by atoms with Gasteiger partial charge in [-0.1, -0.05) is 74.5 Å². The molecule has 0 saturated carbocycles. The van der Waals surface area contributed by atoms with Gasteiger partial charge < -0.3 is 41.6 Å². The normalized spacial score (nSPS) is 23.9. The molecule has 0 aliphatic carbocycles. The summed E-state index contributed by atoms with van der Waals surface area (Å²) in [6.45, 7) is 9.52. The van der Waals surface area contributed by atoms with E-state index in [0.717, 1.165) is 16.0 Å². The summed E-state index contributed by atoms with van der Waals surface area (Å²) in [5.41, 5.74) is 11.0. The minimum Gasteiger partial charge on any atom is -0.444 e. The minimum absolute atomic E-state index is 0.111. The fourth-order valence-corrected chi connectivity index (χ4v) is 5.81. The molecule has 2 aromatic rings. The van der Waals surface area contributed by atoms with Gasteiger partial charge in [0.15, 0.2) is 5.72 Å². The second-order valence-electron chi connectivity index (χ2n) is 13.8. The number of carbonyl (C=O) groups is 3. The van der Waals surface area contributed by atoms with Crippen LogP contribution in [0.5, 0.6) is 0 Å². The van der Waals surface area contributed by atoms with Gasteiger partial charge in [0, 0.05) is 18.5 Å². The van der Waals surface area contributed by atoms with Gasteiger partial charge in [0.05, 0.1) is 6.10 Å². The quantitative estimate of drug-likeness (QED) is 0.185. The molecular weight excluding hydrogens is 604 g/mol. The van der Waals surface area contributed by atoms with Crippen LogP contribution in [0.3, 0.4) is 0 Å². The van der Waals surface area contributed by atoms with E-state index in [9.17, 15) is 29.7 Å². The van der Waals surface area contributed by atoms with E-state index in [-0.39, 0.29) is 19.4 Å². The van der Waals surface area contributed by atoms with Crippen LogP contribution in [0.15, 0.2) is 60.7 Å². The number of nitrogens with zero attached hydrogens (tertiary/aromatic N) is 1. The van der Waals surface area contributed by atoms with Gasteiger partial charge in [-0.3, -0.25) is 9.59 Å². The first-order valence-corrected chi connectivity index (χ1v) is 16.1. The van der Waals surface area contributed by atoms with Crippen molar-refractivity contribution in [1.29, 1.82) is 0 Å². The summed E-state index contributed by atoms with van der Waals surface area (Å²) in [5, 5.41) is 36.0. The molecule has 2 aromatic carbocycles. The van der Waals surface area contributed by atoms with Crippen LogP contribution < -0.4 is 16.8 Å². The number of aliphatic hydroxyl groups is 3. The first-order chi connectivity index (χ1) is 22.0. The Morgan fingerprint density at radius 2 is 1.51 bits per heavy atom. The monoisotopic (exact) mass is 656 g/mol. The van der Waals surface area contributed by atoms with Gasteiger partial charge in [-0.2, -0.15) is 0 Å². The smallest absolute Gasteiger partial charge is 0.408 e. The number of hydrogen-bond donors (Lipinski definition) is 6. The van der Waals surface area contributed by atoms with E-state index >= 15 is 0 Å². The molecule has 12 heteroatoms. The van der Waals surface area contributed by atoms with Crippen LogP contribution in [-0.2, 0) is 31.9 Å². The lowest BCUT2D eigenvalue weighted by atomic mass is 9.87. The van der Waals surface area contributed by atoms with E-state index < -0.39 is 77.6 Å². The van der Waals surface area contributed by atoms with Crippen molar-refractivity contribution in [1.82, 2.24) is 10.2 Å². The van der Waals surface area contributed by atoms with Crippen molar-refractivity contribution in [2.75, 3.05) is 6.54 Å². The Morgan fingerprint density at radius 1 is 0.979 bits per heavy atom. The Hall–Kier alpha value is -3.39. The molecule has 0 spiro atoms. The van der Waals surface area contributed by atoms with E-state index in [2.05, 4.69) is 5.32 Å². The van der Waals surface area contributed by atoms with Gasteiger partial charge >= 0.3 is 6.09 Å². The van der Waals surface area contributed by atoms with E-state index in [4.69, 9.17) is 20.9 Å². The lowest BCUT2D eigenvalue weighted by Crippen LogP contribution is -2.65. The van der Waals surface area contributed by atoms with Crippen molar-refractivity contribution in [2.24, 2.45) is 23.3 Å². The molecule has 0 aromatic heterocycles. The Bertz CT molecular complexity index is 1320. The van der Waals surface area contributed by atoms with Crippen LogP contribution in [0, 0.1) is 11.8 Å². The van der Waals surface area contributed by atoms with Crippen molar-refractivity contribution < 1.29 is 39.2 Å². The number of nitrogens with two attached hydrogens (primary N) is 2. The Kier molecular flexibility index (Phi) is 13.1. The molecule has 0 radical (unpaired) electrons. The van der Waals surface area contributed by atoms with Crippen molar-refractivity contribution in [3.63, 3.8) is 0 Å². The van der Waals surface area contributed by atoms with Crippen LogP contribution >= 0.6 is 0 Å². The molecule has 260 valence electrons. The second-order valence-corrected chi connectivity index (χ2v) is 13.8. The molecule has 1 unspecified atom stereocenters. The lowest BCUT2D eigenvalue weighted by molar-refractivity contribution is -0.196. The highest BCUT2D eigenvalue weighted by Gasteiger charge is 2.59. The molecule has 1 saturated heterocycles. The standard InChI is InChI=1S/C35H52N4O8/c1-21(2)28(38-33(45)47-34(3,4)5)32(44)39(35(6)30(42)29(41)27(20-36)46-35)31(43)24(17-22-13-9-7-10-14-22)19-26(40)25(37)18-23-15-11-8-12-16-23/h7-16,21,24-30,40-42H,17-20,36-37H2,1-6H3,(H,38,45)/t24-,25+,26+,27-,28?,29-,30-,35-/m1/s1. The second kappa shape index (κ2) is 16.1. The summed E-state index contributed by atoms with van der Waals surface area (Å²) in [6.07, 6.45) is -6.05. The van der Waals surface area contributed by atoms with Gasteiger partial charge in [-0.05, 0) is 64.0 Å². The minimum atomic E-state index is -2.08. The molecule has 1 fully saturated rings. The summed E-state index contributed by atoms with van der Waals surface area (Å²) >= 11 is 0. The van der Waals surface area contributed by atoms with Crippen molar-refractivity contribution in [2.45, 2.75) is 109 Å².